The predicted octanol–water partition coefficient (Wildman–Crippen LogP) is 1.18. The van der Waals surface area contributed by atoms with Gasteiger partial charge in [0.25, 0.3) is 0 Å². The van der Waals surface area contributed by atoms with Crippen LogP contribution < -0.4 is 15.4 Å². The van der Waals surface area contributed by atoms with Crippen LogP contribution in [0.4, 0.5) is 5.13 Å². The van der Waals surface area contributed by atoms with Crippen LogP contribution in [-0.4, -0.2) is 44.3 Å². The topological polar surface area (TPSA) is 77.7 Å². The number of anilines is 1. The van der Waals surface area contributed by atoms with Gasteiger partial charge in [0.1, 0.15) is 6.04 Å². The zero-order chi connectivity index (χ0) is 14.5. The summed E-state index contributed by atoms with van der Waals surface area (Å²) < 4.78 is 9.95. The number of hydrogen-bond acceptors (Lipinski definition) is 7. The van der Waals surface area contributed by atoms with Crippen LogP contribution in [0.5, 0.6) is 5.88 Å². The molecular weight excluding hydrogens is 278 g/mol. The van der Waals surface area contributed by atoms with Gasteiger partial charge in [-0.2, -0.15) is 4.98 Å². The SMILES string of the molecule is COC(=O)C(N)Cc1sc(N2CCCCC2)nc1OC. The van der Waals surface area contributed by atoms with Gasteiger partial charge in [-0.15, -0.1) is 0 Å². The average Bonchev–Trinajstić information content (AvgIpc) is 2.90. The number of carbonyl (C=O) groups is 1. The van der Waals surface area contributed by atoms with E-state index in [-0.39, 0.29) is 0 Å². The molecule has 1 aromatic rings. The lowest BCUT2D eigenvalue weighted by atomic mass is 10.1. The number of thiazole rings is 1. The number of methoxy groups -OCH3 is 2. The van der Waals surface area contributed by atoms with Crippen LogP contribution in [0.15, 0.2) is 0 Å². The van der Waals surface area contributed by atoms with E-state index in [1.165, 1.54) is 26.4 Å². The monoisotopic (exact) mass is 299 g/mol. The van der Waals surface area contributed by atoms with Crippen molar-refractivity contribution in [2.24, 2.45) is 5.73 Å². The maximum absolute atomic E-state index is 11.4. The second-order valence-corrected chi connectivity index (χ2v) is 5.87. The summed E-state index contributed by atoms with van der Waals surface area (Å²) in [6, 6.07) is -0.677. The molecule has 0 aromatic carbocycles. The Bertz CT molecular complexity index is 458. The van der Waals surface area contributed by atoms with E-state index in [0.29, 0.717) is 12.3 Å². The van der Waals surface area contributed by atoms with Crippen LogP contribution in [0.1, 0.15) is 24.1 Å². The fourth-order valence-electron chi connectivity index (χ4n) is 2.27. The second-order valence-electron chi connectivity index (χ2n) is 4.81. The first-order chi connectivity index (χ1) is 9.65. The Morgan fingerprint density at radius 1 is 1.40 bits per heavy atom. The Balaban J connectivity index is 2.11. The first-order valence-electron chi connectivity index (χ1n) is 6.77. The molecule has 2 rings (SSSR count). The molecule has 1 unspecified atom stereocenters. The molecule has 2 N–H and O–H groups in total. The fourth-order valence-corrected chi connectivity index (χ4v) is 3.41. The van der Waals surface area contributed by atoms with E-state index < -0.39 is 12.0 Å². The highest BCUT2D eigenvalue weighted by atomic mass is 32.1. The Morgan fingerprint density at radius 3 is 2.70 bits per heavy atom. The Hall–Kier alpha value is -1.34. The molecule has 0 amide bonds. The second kappa shape index (κ2) is 6.90. The number of rotatable bonds is 5. The van der Waals surface area contributed by atoms with Crippen molar-refractivity contribution < 1.29 is 14.3 Å². The molecule has 1 atom stereocenters. The van der Waals surface area contributed by atoms with Crippen molar-refractivity contribution in [3.8, 4) is 5.88 Å². The molecule has 0 bridgehead atoms. The van der Waals surface area contributed by atoms with Gasteiger partial charge in [-0.1, -0.05) is 11.3 Å². The van der Waals surface area contributed by atoms with Crippen molar-refractivity contribution in [3.63, 3.8) is 0 Å². The maximum Gasteiger partial charge on any atom is 0.323 e. The van der Waals surface area contributed by atoms with Crippen LogP contribution >= 0.6 is 11.3 Å². The van der Waals surface area contributed by atoms with Crippen molar-refractivity contribution in [1.29, 1.82) is 0 Å². The molecule has 6 nitrogen and oxygen atoms in total. The number of piperidine rings is 1. The quantitative estimate of drug-likeness (QED) is 0.823. The number of carbonyl (C=O) groups excluding carboxylic acids is 1. The number of nitrogens with two attached hydrogens (primary N) is 1. The lowest BCUT2D eigenvalue weighted by Crippen LogP contribution is -2.33. The van der Waals surface area contributed by atoms with Gasteiger partial charge < -0.3 is 20.1 Å². The van der Waals surface area contributed by atoms with E-state index >= 15 is 0 Å². The lowest BCUT2D eigenvalue weighted by Gasteiger charge is -2.25. The van der Waals surface area contributed by atoms with E-state index in [2.05, 4.69) is 14.6 Å². The lowest BCUT2D eigenvalue weighted by molar-refractivity contribution is -0.142. The minimum absolute atomic E-state index is 0.390. The normalized spacial score (nSPS) is 16.9. The maximum atomic E-state index is 11.4. The zero-order valence-corrected chi connectivity index (χ0v) is 12.7. The van der Waals surface area contributed by atoms with Crippen molar-refractivity contribution >= 4 is 22.4 Å². The molecule has 112 valence electrons. The summed E-state index contributed by atoms with van der Waals surface area (Å²) in [6.07, 6.45) is 4.05. The van der Waals surface area contributed by atoms with Gasteiger partial charge in [0.05, 0.1) is 19.1 Å². The van der Waals surface area contributed by atoms with Crippen LogP contribution in [0.2, 0.25) is 0 Å². The van der Waals surface area contributed by atoms with E-state index in [1.807, 2.05) is 0 Å². The van der Waals surface area contributed by atoms with E-state index in [9.17, 15) is 4.79 Å². The van der Waals surface area contributed by atoms with Crippen LogP contribution in [-0.2, 0) is 16.0 Å². The average molecular weight is 299 g/mol. The van der Waals surface area contributed by atoms with E-state index in [4.69, 9.17) is 10.5 Å². The van der Waals surface area contributed by atoms with Crippen molar-refractivity contribution in [1.82, 2.24) is 4.98 Å². The Morgan fingerprint density at radius 2 is 2.10 bits per heavy atom. The molecule has 1 aromatic heterocycles. The minimum atomic E-state index is -0.677. The highest BCUT2D eigenvalue weighted by molar-refractivity contribution is 7.15. The molecule has 0 radical (unpaired) electrons. The standard InChI is InChI=1S/C13H21N3O3S/c1-18-11-10(8-9(14)12(17)19-2)20-13(15-11)16-6-4-3-5-7-16/h9H,3-8,14H2,1-2H3. The molecule has 0 spiro atoms. The number of hydrogen-bond donors (Lipinski definition) is 1. The Labute approximate surface area is 122 Å². The smallest absolute Gasteiger partial charge is 0.323 e. The molecule has 0 saturated carbocycles. The first kappa shape index (κ1) is 15.1. The minimum Gasteiger partial charge on any atom is -0.480 e. The highest BCUT2D eigenvalue weighted by Gasteiger charge is 2.22. The van der Waals surface area contributed by atoms with Crippen LogP contribution in [0, 0.1) is 0 Å². The predicted molar refractivity (Wildman–Crippen MR) is 78.4 cm³/mol. The first-order valence-corrected chi connectivity index (χ1v) is 7.59. The molecule has 0 aliphatic carbocycles. The van der Waals surface area contributed by atoms with Gasteiger partial charge >= 0.3 is 5.97 Å². The van der Waals surface area contributed by atoms with Gasteiger partial charge in [0.2, 0.25) is 5.88 Å². The van der Waals surface area contributed by atoms with E-state index in [0.717, 1.165) is 23.1 Å². The van der Waals surface area contributed by atoms with Crippen molar-refractivity contribution in [2.75, 3.05) is 32.2 Å². The summed E-state index contributed by atoms with van der Waals surface area (Å²) in [4.78, 5) is 19.1. The largest absolute Gasteiger partial charge is 0.480 e. The zero-order valence-electron chi connectivity index (χ0n) is 11.9. The summed E-state index contributed by atoms with van der Waals surface area (Å²) in [5, 5.41) is 0.952. The van der Waals surface area contributed by atoms with Gasteiger partial charge in [-0.3, -0.25) is 4.79 Å². The van der Waals surface area contributed by atoms with Crippen LogP contribution in [0.3, 0.4) is 0 Å². The summed E-state index contributed by atoms with van der Waals surface area (Å²) in [7, 11) is 2.92. The summed E-state index contributed by atoms with van der Waals surface area (Å²) >= 11 is 1.55. The molecule has 2 heterocycles. The third kappa shape index (κ3) is 3.40. The van der Waals surface area contributed by atoms with E-state index in [1.54, 1.807) is 18.4 Å². The number of nitrogens with zero attached hydrogens (tertiary/aromatic N) is 2. The molecule has 1 aliphatic rings. The third-order valence-electron chi connectivity index (χ3n) is 3.38. The van der Waals surface area contributed by atoms with Gasteiger partial charge in [-0.05, 0) is 19.3 Å². The molecule has 7 heteroatoms. The van der Waals surface area contributed by atoms with Gasteiger partial charge in [0.15, 0.2) is 5.13 Å². The van der Waals surface area contributed by atoms with Crippen molar-refractivity contribution in [3.05, 3.63) is 4.88 Å². The summed E-state index contributed by atoms with van der Waals surface area (Å²) in [5.41, 5.74) is 5.81. The molecule has 1 saturated heterocycles. The number of aromatic nitrogens is 1. The summed E-state index contributed by atoms with van der Waals surface area (Å²) in [5.74, 6) is 0.148. The third-order valence-corrected chi connectivity index (χ3v) is 4.50. The number of ether oxygens (including phenoxy) is 2. The van der Waals surface area contributed by atoms with Crippen LogP contribution in [0.25, 0.3) is 0 Å². The molecule has 1 aliphatic heterocycles. The summed E-state index contributed by atoms with van der Waals surface area (Å²) in [6.45, 7) is 2.05. The molecule has 1 fully saturated rings. The Kier molecular flexibility index (Phi) is 5.19. The molecular formula is C13H21N3O3S. The molecule has 20 heavy (non-hydrogen) atoms. The fraction of sp³-hybridized carbons (Fsp3) is 0.692. The van der Waals surface area contributed by atoms with Gasteiger partial charge in [0, 0.05) is 19.5 Å². The van der Waals surface area contributed by atoms with Gasteiger partial charge in [-0.25, -0.2) is 0 Å². The number of esters is 1. The highest BCUT2D eigenvalue weighted by Crippen LogP contribution is 2.33. The van der Waals surface area contributed by atoms with Crippen molar-refractivity contribution in [2.45, 2.75) is 31.7 Å².